The first-order valence-electron chi connectivity index (χ1n) is 15.9. The van der Waals surface area contributed by atoms with Crippen LogP contribution in [0.2, 0.25) is 0 Å². The van der Waals surface area contributed by atoms with Crippen LogP contribution in [0, 0.1) is 11.8 Å². The number of hydrogen-bond acceptors (Lipinski definition) is 11. The topological polar surface area (TPSA) is 309 Å². The van der Waals surface area contributed by atoms with Crippen molar-refractivity contribution in [2.45, 2.75) is 90.0 Å². The highest BCUT2D eigenvalue weighted by Crippen LogP contribution is 2.19. The van der Waals surface area contributed by atoms with Gasteiger partial charge in [0, 0.05) is 50.5 Å². The first kappa shape index (κ1) is 41.5. The van der Waals surface area contributed by atoms with E-state index in [1.807, 2.05) is 4.90 Å². The number of rotatable bonds is 27. The summed E-state index contributed by atoms with van der Waals surface area (Å²) < 4.78 is 2.88. The van der Waals surface area contributed by atoms with Gasteiger partial charge >= 0.3 is 35.8 Å². The number of aliphatic carboxylic acids is 6. The molecule has 0 aliphatic heterocycles. The molecule has 2 rings (SSSR count). The van der Waals surface area contributed by atoms with Crippen molar-refractivity contribution in [3.8, 4) is 0 Å². The second-order valence-corrected chi connectivity index (χ2v) is 11.9. The number of imidazole rings is 2. The molecule has 0 aliphatic rings. The Balaban J connectivity index is 1.97. The molecule has 2 heterocycles. The van der Waals surface area contributed by atoms with Crippen molar-refractivity contribution < 1.29 is 69.0 Å². The van der Waals surface area contributed by atoms with Crippen LogP contribution in [-0.4, -0.2) is 115 Å². The van der Waals surface area contributed by atoms with Gasteiger partial charge in [-0.25, -0.2) is 14.8 Å². The Labute approximate surface area is 290 Å². The zero-order valence-electron chi connectivity index (χ0n) is 27.6. The molecule has 280 valence electrons. The van der Waals surface area contributed by atoms with Crippen molar-refractivity contribution in [1.29, 1.82) is 0 Å². The molecule has 0 fully saturated rings. The molecule has 1 unspecified atom stereocenters. The molecule has 0 aromatic carbocycles. The smallest absolute Gasteiger partial charge is 0.326 e. The summed E-state index contributed by atoms with van der Waals surface area (Å²) in [5.74, 6) is -10.9. The molecule has 0 aliphatic carbocycles. The van der Waals surface area contributed by atoms with Gasteiger partial charge in [-0.2, -0.15) is 0 Å². The number of hydrogen-bond donors (Lipinski definition) is 7. The maximum atomic E-state index is 12.6. The summed E-state index contributed by atoms with van der Waals surface area (Å²) in [4.78, 5) is 104. The summed E-state index contributed by atoms with van der Waals surface area (Å²) in [5, 5.41) is 58.1. The predicted octanol–water partition coefficient (Wildman–Crippen LogP) is 0.387. The second kappa shape index (κ2) is 20.8. The Kier molecular flexibility index (Phi) is 16.9. The van der Waals surface area contributed by atoms with E-state index in [2.05, 4.69) is 15.3 Å². The number of carboxylic acids is 6. The Bertz CT molecular complexity index is 1500. The quantitative estimate of drug-likeness (QED) is 0.0613. The number of aromatic nitrogens is 4. The number of nitrogens with zero attached hydrogens (tertiary/aromatic N) is 5. The van der Waals surface area contributed by atoms with Crippen molar-refractivity contribution in [2.75, 3.05) is 6.54 Å². The van der Waals surface area contributed by atoms with Crippen molar-refractivity contribution in [1.82, 2.24) is 29.3 Å². The van der Waals surface area contributed by atoms with E-state index >= 15 is 0 Å². The number of carbonyl (C=O) groups excluding carboxylic acids is 2. The van der Waals surface area contributed by atoms with Gasteiger partial charge in [0.1, 0.15) is 36.6 Å². The van der Waals surface area contributed by atoms with Crippen molar-refractivity contribution >= 4 is 47.5 Å². The van der Waals surface area contributed by atoms with Crippen LogP contribution in [0.25, 0.3) is 0 Å². The lowest BCUT2D eigenvalue weighted by Gasteiger charge is -2.23. The third kappa shape index (κ3) is 15.6. The minimum atomic E-state index is -1.41. The van der Waals surface area contributed by atoms with Crippen LogP contribution in [0.3, 0.4) is 0 Å². The second-order valence-electron chi connectivity index (χ2n) is 11.9. The molecular weight excluding hydrogens is 680 g/mol. The Morgan fingerprint density at radius 3 is 1.57 bits per heavy atom. The summed E-state index contributed by atoms with van der Waals surface area (Å²) in [6.07, 6.45) is 3.82. The van der Waals surface area contributed by atoms with E-state index < -0.39 is 91.1 Å². The van der Waals surface area contributed by atoms with Gasteiger partial charge in [0.2, 0.25) is 5.91 Å². The molecule has 20 nitrogen and oxygen atoms in total. The Morgan fingerprint density at radius 1 is 0.647 bits per heavy atom. The maximum Gasteiger partial charge on any atom is 0.326 e. The zero-order chi connectivity index (χ0) is 38.1. The van der Waals surface area contributed by atoms with Crippen molar-refractivity contribution in [3.05, 3.63) is 36.4 Å². The minimum absolute atomic E-state index is 0.00996. The summed E-state index contributed by atoms with van der Waals surface area (Å²) in [6.45, 7) is -0.0224. The fourth-order valence-electron chi connectivity index (χ4n) is 5.25. The van der Waals surface area contributed by atoms with Gasteiger partial charge in [-0.05, 0) is 38.6 Å². The fraction of sp³-hybridized carbons (Fsp3) is 0.548. The van der Waals surface area contributed by atoms with Gasteiger partial charge in [0.25, 0.3) is 0 Å². The molecule has 0 spiro atoms. The number of unbranched alkanes of at least 4 members (excludes halogenated alkanes) is 1. The zero-order valence-corrected chi connectivity index (χ0v) is 27.6. The lowest BCUT2D eigenvalue weighted by molar-refractivity contribution is -0.146. The number of nitrogens with one attached hydrogen (secondary N) is 1. The number of ketones is 1. The van der Waals surface area contributed by atoms with Gasteiger partial charge < -0.3 is 45.1 Å². The summed E-state index contributed by atoms with van der Waals surface area (Å²) in [6, 6.07) is -1.33. The molecule has 2 aromatic heterocycles. The first-order valence-corrected chi connectivity index (χ1v) is 15.9. The van der Waals surface area contributed by atoms with Gasteiger partial charge in [-0.1, -0.05) is 0 Å². The number of carbonyl (C=O) groups is 8. The van der Waals surface area contributed by atoms with E-state index in [1.165, 1.54) is 33.9 Å². The van der Waals surface area contributed by atoms with Crippen LogP contribution in [0.1, 0.15) is 69.4 Å². The molecule has 2 aromatic rings. The van der Waals surface area contributed by atoms with E-state index in [9.17, 15) is 63.9 Å². The average Bonchev–Trinajstić information content (AvgIpc) is 3.65. The highest BCUT2D eigenvalue weighted by Gasteiger charge is 2.28. The summed E-state index contributed by atoms with van der Waals surface area (Å²) in [5.41, 5.74) is 0. The highest BCUT2D eigenvalue weighted by molar-refractivity contribution is 5.88. The van der Waals surface area contributed by atoms with Crippen molar-refractivity contribution in [2.24, 2.45) is 11.8 Å². The molecule has 3 atom stereocenters. The van der Waals surface area contributed by atoms with E-state index in [-0.39, 0.29) is 45.4 Å². The lowest BCUT2D eigenvalue weighted by Crippen LogP contribution is -2.41. The number of carboxylic acid groups (broad SMARTS) is 6. The van der Waals surface area contributed by atoms with E-state index in [0.717, 1.165) is 0 Å². The van der Waals surface area contributed by atoms with E-state index in [0.29, 0.717) is 31.0 Å². The highest BCUT2D eigenvalue weighted by atomic mass is 16.4. The molecule has 0 bridgehead atoms. The molecule has 0 saturated heterocycles. The molecular formula is C31H42N6O14. The van der Waals surface area contributed by atoms with Gasteiger partial charge in [-0.15, -0.1) is 0 Å². The Morgan fingerprint density at radius 2 is 1.14 bits per heavy atom. The lowest BCUT2D eigenvalue weighted by atomic mass is 9.90. The summed E-state index contributed by atoms with van der Waals surface area (Å²) in [7, 11) is 0. The van der Waals surface area contributed by atoms with Gasteiger partial charge in [0.05, 0.1) is 24.9 Å². The fourth-order valence-corrected chi connectivity index (χ4v) is 5.25. The van der Waals surface area contributed by atoms with Gasteiger partial charge in [0.15, 0.2) is 0 Å². The third-order valence-electron chi connectivity index (χ3n) is 7.87. The predicted molar refractivity (Wildman–Crippen MR) is 170 cm³/mol. The van der Waals surface area contributed by atoms with E-state index in [4.69, 9.17) is 5.11 Å². The van der Waals surface area contributed by atoms with Crippen LogP contribution >= 0.6 is 0 Å². The summed E-state index contributed by atoms with van der Waals surface area (Å²) >= 11 is 0. The standard InChI is InChI=1S/C31H42N6O14/c38-21(14-20(30(48)49)5-7-26(40)41)13-19(29(46)47)4-6-25(39)34-22(31(50)51)3-1-2-10-35(15-23-32-8-11-36(23)17-27(42)43)16-24-33-9-12-37(24)18-28(44)45/h8-9,11-12,19-20,22H,1-7,10,13-18H2,(H,34,39)(H,40,41)(H,42,43)(H,44,45)(H,46,47)(H,48,49)(H,50,51)/t19-,20-,22?/m1/s1. The van der Waals surface area contributed by atoms with Crippen LogP contribution in [0.4, 0.5) is 0 Å². The molecule has 7 N–H and O–H groups in total. The maximum absolute atomic E-state index is 12.6. The minimum Gasteiger partial charge on any atom is -0.481 e. The normalized spacial score (nSPS) is 12.9. The van der Waals surface area contributed by atoms with Crippen molar-refractivity contribution in [3.63, 3.8) is 0 Å². The first-order chi connectivity index (χ1) is 24.0. The monoisotopic (exact) mass is 722 g/mol. The van der Waals surface area contributed by atoms with Gasteiger partial charge in [-0.3, -0.25) is 38.5 Å². The third-order valence-corrected chi connectivity index (χ3v) is 7.87. The molecule has 0 saturated carbocycles. The molecule has 51 heavy (non-hydrogen) atoms. The van der Waals surface area contributed by atoms with Crippen LogP contribution in [-0.2, 0) is 64.5 Å². The average molecular weight is 723 g/mol. The van der Waals surface area contributed by atoms with Crippen LogP contribution in [0.5, 0.6) is 0 Å². The Hall–Kier alpha value is -5.66. The largest absolute Gasteiger partial charge is 0.481 e. The van der Waals surface area contributed by atoms with E-state index in [1.54, 1.807) is 0 Å². The number of amides is 1. The molecule has 1 amide bonds. The van der Waals surface area contributed by atoms with Crippen LogP contribution in [0.15, 0.2) is 24.8 Å². The molecule has 20 heteroatoms. The van der Waals surface area contributed by atoms with Crippen LogP contribution < -0.4 is 5.32 Å². The SMILES string of the molecule is O=C(O)CC[C@H](CC(=O)C[C@@H](CCC(=O)NC(CCCCN(Cc1nccn1CC(=O)O)Cc1nccn1CC(=O)O)C(=O)O)C(=O)O)C(=O)O. The molecule has 0 radical (unpaired) electrons. The number of Topliss-reactive ketones (excluding diaryl/α,β-unsaturated/α-hetero) is 1.